The van der Waals surface area contributed by atoms with Crippen LogP contribution in [0, 0.1) is 5.92 Å². The van der Waals surface area contributed by atoms with Gasteiger partial charge in [0.15, 0.2) is 0 Å². The number of likely N-dealkylation sites (tertiary alicyclic amines) is 1. The maximum Gasteiger partial charge on any atom is 0.0701 e. The van der Waals surface area contributed by atoms with Crippen LogP contribution in [0.15, 0.2) is 15.9 Å². The van der Waals surface area contributed by atoms with Crippen molar-refractivity contribution in [3.05, 3.63) is 20.8 Å². The Balaban J connectivity index is 1.67. The molecule has 19 heavy (non-hydrogen) atoms. The minimum Gasteiger partial charge on any atom is -0.312 e. The standard InChI is InChI=1S/C15H25BrN2S/c1-15(2,3)17-10-12-6-8-18(11-12)9-7-13-4-5-14(16)19-13/h4-5,12,17H,6-11H2,1-3H3. The van der Waals surface area contributed by atoms with Crippen LogP contribution < -0.4 is 5.32 Å². The maximum atomic E-state index is 3.63. The fourth-order valence-corrected chi connectivity index (χ4v) is 3.96. The van der Waals surface area contributed by atoms with Gasteiger partial charge in [-0.1, -0.05) is 0 Å². The summed E-state index contributed by atoms with van der Waals surface area (Å²) in [7, 11) is 0. The average Bonchev–Trinajstić information content (AvgIpc) is 2.92. The van der Waals surface area contributed by atoms with E-state index in [2.05, 4.69) is 59.1 Å². The molecule has 1 unspecified atom stereocenters. The van der Waals surface area contributed by atoms with Crippen molar-refractivity contribution in [3.63, 3.8) is 0 Å². The van der Waals surface area contributed by atoms with E-state index in [4.69, 9.17) is 0 Å². The Bertz CT molecular complexity index is 397. The lowest BCUT2D eigenvalue weighted by Gasteiger charge is -2.23. The number of nitrogens with zero attached hydrogens (tertiary/aromatic N) is 1. The third-order valence-electron chi connectivity index (χ3n) is 3.59. The fraction of sp³-hybridized carbons (Fsp3) is 0.733. The van der Waals surface area contributed by atoms with E-state index in [1.54, 1.807) is 0 Å². The molecule has 1 aromatic rings. The van der Waals surface area contributed by atoms with Crippen molar-refractivity contribution < 1.29 is 0 Å². The molecule has 1 atom stereocenters. The smallest absolute Gasteiger partial charge is 0.0701 e. The third-order valence-corrected chi connectivity index (χ3v) is 5.28. The van der Waals surface area contributed by atoms with Crippen LogP contribution in [0.5, 0.6) is 0 Å². The van der Waals surface area contributed by atoms with E-state index >= 15 is 0 Å². The predicted octanol–water partition coefficient (Wildman–Crippen LogP) is 3.76. The highest BCUT2D eigenvalue weighted by Crippen LogP contribution is 2.23. The van der Waals surface area contributed by atoms with Gasteiger partial charge in [0.2, 0.25) is 0 Å². The van der Waals surface area contributed by atoms with Crippen LogP contribution in [0.3, 0.4) is 0 Å². The molecule has 0 radical (unpaired) electrons. The number of halogens is 1. The third kappa shape index (κ3) is 5.54. The summed E-state index contributed by atoms with van der Waals surface area (Å²) in [6.45, 7) is 11.6. The first-order valence-electron chi connectivity index (χ1n) is 7.14. The molecule has 2 nitrogen and oxygen atoms in total. The normalized spacial score (nSPS) is 21.2. The summed E-state index contributed by atoms with van der Waals surface area (Å²) >= 11 is 5.39. The van der Waals surface area contributed by atoms with Gasteiger partial charge in [-0.25, -0.2) is 0 Å². The highest BCUT2D eigenvalue weighted by atomic mass is 79.9. The molecular weight excluding hydrogens is 320 g/mol. The van der Waals surface area contributed by atoms with Crippen LogP contribution in [-0.2, 0) is 6.42 Å². The number of nitrogens with one attached hydrogen (secondary N) is 1. The Morgan fingerprint density at radius 1 is 1.42 bits per heavy atom. The van der Waals surface area contributed by atoms with Gasteiger partial charge in [0.1, 0.15) is 0 Å². The Kier molecular flexibility index (Phi) is 5.46. The van der Waals surface area contributed by atoms with Gasteiger partial charge in [-0.2, -0.15) is 0 Å². The largest absolute Gasteiger partial charge is 0.312 e. The van der Waals surface area contributed by atoms with Crippen LogP contribution in [0.1, 0.15) is 32.1 Å². The van der Waals surface area contributed by atoms with E-state index in [1.165, 1.54) is 41.1 Å². The van der Waals surface area contributed by atoms with Crippen LogP contribution in [-0.4, -0.2) is 36.6 Å². The zero-order chi connectivity index (χ0) is 13.9. The van der Waals surface area contributed by atoms with Gasteiger partial charge < -0.3 is 10.2 Å². The summed E-state index contributed by atoms with van der Waals surface area (Å²) in [6.07, 6.45) is 2.53. The molecular formula is C15H25BrN2S. The molecule has 0 saturated carbocycles. The second-order valence-corrected chi connectivity index (χ2v) is 9.09. The Morgan fingerprint density at radius 2 is 2.21 bits per heavy atom. The topological polar surface area (TPSA) is 15.3 Å². The molecule has 1 aromatic heterocycles. The van der Waals surface area contributed by atoms with Gasteiger partial charge in [0.05, 0.1) is 3.79 Å². The molecule has 1 N–H and O–H groups in total. The summed E-state index contributed by atoms with van der Waals surface area (Å²) < 4.78 is 1.25. The molecule has 0 amide bonds. The quantitative estimate of drug-likeness (QED) is 0.874. The zero-order valence-corrected chi connectivity index (χ0v) is 14.6. The van der Waals surface area contributed by atoms with Crippen molar-refractivity contribution in [2.24, 2.45) is 5.92 Å². The lowest BCUT2D eigenvalue weighted by atomic mass is 10.1. The fourth-order valence-electron chi connectivity index (χ4n) is 2.49. The van der Waals surface area contributed by atoms with Gasteiger partial charge >= 0.3 is 0 Å². The number of rotatable bonds is 5. The second-order valence-electron chi connectivity index (χ2n) is 6.54. The molecule has 0 aliphatic carbocycles. The average molecular weight is 345 g/mol. The molecule has 0 aromatic carbocycles. The first kappa shape index (κ1) is 15.5. The molecule has 0 spiro atoms. The van der Waals surface area contributed by atoms with E-state index < -0.39 is 0 Å². The Labute approximate surface area is 129 Å². The first-order chi connectivity index (χ1) is 8.92. The van der Waals surface area contributed by atoms with Crippen molar-refractivity contribution in [1.82, 2.24) is 10.2 Å². The van der Waals surface area contributed by atoms with Crippen LogP contribution >= 0.6 is 27.3 Å². The lowest BCUT2D eigenvalue weighted by Crippen LogP contribution is -2.39. The SMILES string of the molecule is CC(C)(C)NCC1CCN(CCc2ccc(Br)s2)C1. The van der Waals surface area contributed by atoms with Crippen LogP contribution in [0.2, 0.25) is 0 Å². The molecule has 108 valence electrons. The first-order valence-corrected chi connectivity index (χ1v) is 8.75. The van der Waals surface area contributed by atoms with E-state index in [-0.39, 0.29) is 5.54 Å². The molecule has 1 saturated heterocycles. The minimum atomic E-state index is 0.247. The summed E-state index contributed by atoms with van der Waals surface area (Å²) in [6, 6.07) is 4.39. The summed E-state index contributed by atoms with van der Waals surface area (Å²) in [5.41, 5.74) is 0.247. The number of thiophene rings is 1. The predicted molar refractivity (Wildman–Crippen MR) is 88.0 cm³/mol. The maximum absolute atomic E-state index is 3.63. The Hall–Kier alpha value is 0.1000. The van der Waals surface area contributed by atoms with E-state index in [0.29, 0.717) is 0 Å². The minimum absolute atomic E-state index is 0.247. The van der Waals surface area contributed by atoms with Crippen molar-refractivity contribution >= 4 is 27.3 Å². The summed E-state index contributed by atoms with van der Waals surface area (Å²) in [5, 5.41) is 3.63. The highest BCUT2D eigenvalue weighted by Gasteiger charge is 2.23. The molecule has 1 aliphatic rings. The van der Waals surface area contributed by atoms with Crippen molar-refractivity contribution in [3.8, 4) is 0 Å². The molecule has 4 heteroatoms. The van der Waals surface area contributed by atoms with Gasteiger partial charge in [0, 0.05) is 23.5 Å². The molecule has 1 aliphatic heterocycles. The molecule has 0 bridgehead atoms. The van der Waals surface area contributed by atoms with Crippen molar-refractivity contribution in [2.75, 3.05) is 26.2 Å². The van der Waals surface area contributed by atoms with E-state index in [9.17, 15) is 0 Å². The van der Waals surface area contributed by atoms with Crippen molar-refractivity contribution in [1.29, 1.82) is 0 Å². The monoisotopic (exact) mass is 344 g/mol. The highest BCUT2D eigenvalue weighted by molar-refractivity contribution is 9.11. The van der Waals surface area contributed by atoms with Crippen LogP contribution in [0.25, 0.3) is 0 Å². The molecule has 1 fully saturated rings. The van der Waals surface area contributed by atoms with E-state index in [1.807, 2.05) is 11.3 Å². The Morgan fingerprint density at radius 3 is 2.84 bits per heavy atom. The van der Waals surface area contributed by atoms with Gasteiger partial charge in [-0.05, 0) is 80.7 Å². The van der Waals surface area contributed by atoms with Gasteiger partial charge in [0.25, 0.3) is 0 Å². The molecule has 2 heterocycles. The summed E-state index contributed by atoms with van der Waals surface area (Å²) in [5.74, 6) is 0.828. The van der Waals surface area contributed by atoms with Gasteiger partial charge in [-0.3, -0.25) is 0 Å². The molecule has 2 rings (SSSR count). The zero-order valence-electron chi connectivity index (χ0n) is 12.2. The second kappa shape index (κ2) is 6.70. The lowest BCUT2D eigenvalue weighted by molar-refractivity contribution is 0.315. The van der Waals surface area contributed by atoms with Crippen molar-refractivity contribution in [2.45, 2.75) is 39.2 Å². The van der Waals surface area contributed by atoms with Crippen LogP contribution in [0.4, 0.5) is 0 Å². The van der Waals surface area contributed by atoms with E-state index in [0.717, 1.165) is 12.5 Å². The number of hydrogen-bond acceptors (Lipinski definition) is 3. The summed E-state index contributed by atoms with van der Waals surface area (Å²) in [4.78, 5) is 4.10. The van der Waals surface area contributed by atoms with Gasteiger partial charge in [-0.15, -0.1) is 11.3 Å². The number of hydrogen-bond donors (Lipinski definition) is 1.